The van der Waals surface area contributed by atoms with Gasteiger partial charge in [-0.3, -0.25) is 9.69 Å². The van der Waals surface area contributed by atoms with E-state index in [1.165, 1.54) is 5.56 Å². The van der Waals surface area contributed by atoms with Crippen LogP contribution in [0.2, 0.25) is 0 Å². The first-order valence-corrected chi connectivity index (χ1v) is 11.5. The number of carbonyl (C=O) groups is 1. The van der Waals surface area contributed by atoms with Crippen LogP contribution in [0.25, 0.3) is 6.08 Å². The molecule has 0 bridgehead atoms. The van der Waals surface area contributed by atoms with Crippen molar-refractivity contribution in [1.82, 2.24) is 4.90 Å². The number of benzene rings is 2. The third-order valence-electron chi connectivity index (χ3n) is 6.06. The van der Waals surface area contributed by atoms with Crippen molar-refractivity contribution in [3.05, 3.63) is 80.2 Å². The summed E-state index contributed by atoms with van der Waals surface area (Å²) >= 11 is 1.60. The van der Waals surface area contributed by atoms with E-state index in [9.17, 15) is 4.79 Å². The number of methoxy groups -OCH3 is 1. The van der Waals surface area contributed by atoms with E-state index in [0.29, 0.717) is 23.8 Å². The van der Waals surface area contributed by atoms with Crippen LogP contribution in [0, 0.1) is 13.8 Å². The fourth-order valence-electron chi connectivity index (χ4n) is 4.28. The number of para-hydroxylation sites is 1. The SMILES string of the molecule is COc1ccccc1CCN1COc2c(cc3c(c2C)O/C(=C\c2sccc2C)C3=O)C1. The fourth-order valence-corrected chi connectivity index (χ4v) is 5.13. The number of rotatable bonds is 5. The van der Waals surface area contributed by atoms with Gasteiger partial charge >= 0.3 is 0 Å². The number of fused-ring (bicyclic) bond motifs is 2. The molecule has 0 radical (unpaired) electrons. The Morgan fingerprint density at radius 3 is 2.81 bits per heavy atom. The molecule has 0 amide bonds. The number of carbonyl (C=O) groups excluding carboxylic acids is 1. The van der Waals surface area contributed by atoms with E-state index in [0.717, 1.165) is 52.6 Å². The summed E-state index contributed by atoms with van der Waals surface area (Å²) in [6, 6.07) is 12.1. The smallest absolute Gasteiger partial charge is 0.232 e. The Kier molecular flexibility index (Phi) is 5.49. The second kappa shape index (κ2) is 8.45. The maximum Gasteiger partial charge on any atom is 0.232 e. The fraction of sp³-hybridized carbons (Fsp3) is 0.269. The van der Waals surface area contributed by atoms with Crippen molar-refractivity contribution in [2.45, 2.75) is 26.8 Å². The zero-order valence-electron chi connectivity index (χ0n) is 18.4. The second-order valence-corrected chi connectivity index (χ2v) is 9.11. The lowest BCUT2D eigenvalue weighted by Gasteiger charge is -2.30. The molecule has 0 aliphatic carbocycles. The summed E-state index contributed by atoms with van der Waals surface area (Å²) in [5, 5.41) is 2.02. The minimum Gasteiger partial charge on any atom is -0.496 e. The van der Waals surface area contributed by atoms with Crippen LogP contribution in [0.15, 0.2) is 47.5 Å². The van der Waals surface area contributed by atoms with E-state index < -0.39 is 0 Å². The van der Waals surface area contributed by atoms with E-state index in [4.69, 9.17) is 14.2 Å². The van der Waals surface area contributed by atoms with Crippen LogP contribution in [-0.4, -0.2) is 31.1 Å². The van der Waals surface area contributed by atoms with Crippen LogP contribution >= 0.6 is 11.3 Å². The standard InChI is InChI=1S/C26H25NO4S/c1-16-9-11-32-23(16)13-22-24(28)20-12-19-14-27(15-30-25(19)17(2)26(20)31-22)10-8-18-6-4-5-7-21(18)29-3/h4-7,9,11-13H,8,10,14-15H2,1-3H3/b22-13-. The highest BCUT2D eigenvalue weighted by Gasteiger charge is 2.33. The molecule has 164 valence electrons. The molecule has 5 nitrogen and oxygen atoms in total. The van der Waals surface area contributed by atoms with Gasteiger partial charge in [-0.2, -0.15) is 0 Å². The molecule has 32 heavy (non-hydrogen) atoms. The van der Waals surface area contributed by atoms with E-state index in [-0.39, 0.29) is 5.78 Å². The summed E-state index contributed by atoms with van der Waals surface area (Å²) in [5.74, 6) is 2.67. The highest BCUT2D eigenvalue weighted by atomic mass is 32.1. The molecule has 0 N–H and O–H groups in total. The third kappa shape index (κ3) is 3.70. The molecule has 2 aromatic carbocycles. The molecule has 6 heteroatoms. The summed E-state index contributed by atoms with van der Waals surface area (Å²) < 4.78 is 17.6. The Balaban J connectivity index is 1.36. The van der Waals surface area contributed by atoms with Gasteiger partial charge in [0.05, 0.1) is 12.7 Å². The average Bonchev–Trinajstić information content (AvgIpc) is 3.36. The van der Waals surface area contributed by atoms with Crippen molar-refractivity contribution in [2.24, 2.45) is 0 Å². The van der Waals surface area contributed by atoms with Crippen LogP contribution < -0.4 is 14.2 Å². The number of aryl methyl sites for hydroxylation is 1. The molecule has 2 aliphatic heterocycles. The molecule has 3 aromatic rings. The topological polar surface area (TPSA) is 48.0 Å². The van der Waals surface area contributed by atoms with Crippen molar-refractivity contribution in [2.75, 3.05) is 20.4 Å². The number of ketones is 1. The predicted molar refractivity (Wildman–Crippen MR) is 126 cm³/mol. The van der Waals surface area contributed by atoms with E-state index in [2.05, 4.69) is 11.0 Å². The largest absolute Gasteiger partial charge is 0.496 e. The van der Waals surface area contributed by atoms with Gasteiger partial charge in [0, 0.05) is 35.2 Å². The zero-order chi connectivity index (χ0) is 22.2. The van der Waals surface area contributed by atoms with Crippen molar-refractivity contribution in [3.8, 4) is 17.2 Å². The van der Waals surface area contributed by atoms with Crippen LogP contribution in [-0.2, 0) is 13.0 Å². The molecule has 3 heterocycles. The summed E-state index contributed by atoms with van der Waals surface area (Å²) in [5.41, 5.74) is 4.85. The van der Waals surface area contributed by atoms with Gasteiger partial charge in [-0.05, 0) is 55.0 Å². The quantitative estimate of drug-likeness (QED) is 0.491. The Hall–Kier alpha value is -3.09. The summed E-state index contributed by atoms with van der Waals surface area (Å²) in [6.45, 7) is 6.08. The molecular formula is C26H25NO4S. The van der Waals surface area contributed by atoms with Crippen molar-refractivity contribution in [1.29, 1.82) is 0 Å². The molecule has 0 saturated heterocycles. The van der Waals surface area contributed by atoms with Gasteiger partial charge in [0.1, 0.15) is 24.0 Å². The highest BCUT2D eigenvalue weighted by Crippen LogP contribution is 2.43. The average molecular weight is 448 g/mol. The summed E-state index contributed by atoms with van der Waals surface area (Å²) in [7, 11) is 1.70. The molecule has 0 fully saturated rings. The summed E-state index contributed by atoms with van der Waals surface area (Å²) in [4.78, 5) is 16.4. The van der Waals surface area contributed by atoms with Crippen LogP contribution in [0.1, 0.15) is 37.5 Å². The monoisotopic (exact) mass is 447 g/mol. The molecular weight excluding hydrogens is 422 g/mol. The minimum atomic E-state index is -0.0650. The molecule has 5 rings (SSSR count). The lowest BCUT2D eigenvalue weighted by molar-refractivity contribution is 0.0952. The Morgan fingerprint density at radius 1 is 1.19 bits per heavy atom. The van der Waals surface area contributed by atoms with Crippen LogP contribution in [0.4, 0.5) is 0 Å². The Bertz CT molecular complexity index is 1230. The van der Waals surface area contributed by atoms with Gasteiger partial charge in [-0.25, -0.2) is 0 Å². The van der Waals surface area contributed by atoms with Crippen LogP contribution in [0.5, 0.6) is 17.2 Å². The number of hydrogen-bond donors (Lipinski definition) is 0. The van der Waals surface area contributed by atoms with E-state index >= 15 is 0 Å². The molecule has 2 aliphatic rings. The number of ether oxygens (including phenoxy) is 3. The number of nitrogens with zero attached hydrogens (tertiary/aromatic N) is 1. The number of thiophene rings is 1. The second-order valence-electron chi connectivity index (χ2n) is 8.16. The maximum absolute atomic E-state index is 13.1. The lowest BCUT2D eigenvalue weighted by atomic mass is 10.00. The highest BCUT2D eigenvalue weighted by molar-refractivity contribution is 7.11. The normalized spacial score (nSPS) is 16.5. The predicted octanol–water partition coefficient (Wildman–Crippen LogP) is 5.38. The molecule has 0 atom stereocenters. The van der Waals surface area contributed by atoms with Crippen LogP contribution in [0.3, 0.4) is 0 Å². The van der Waals surface area contributed by atoms with Crippen molar-refractivity contribution >= 4 is 23.2 Å². The van der Waals surface area contributed by atoms with Gasteiger partial charge in [0.25, 0.3) is 0 Å². The maximum atomic E-state index is 13.1. The molecule has 0 spiro atoms. The number of hydrogen-bond acceptors (Lipinski definition) is 6. The first kappa shape index (κ1) is 20.8. The molecule has 1 aromatic heterocycles. The molecule has 0 unspecified atom stereocenters. The van der Waals surface area contributed by atoms with E-state index in [1.54, 1.807) is 18.4 Å². The van der Waals surface area contributed by atoms with Gasteiger partial charge in [-0.15, -0.1) is 11.3 Å². The van der Waals surface area contributed by atoms with E-state index in [1.807, 2.05) is 55.6 Å². The third-order valence-corrected chi connectivity index (χ3v) is 7.02. The molecule has 0 saturated carbocycles. The number of allylic oxidation sites excluding steroid dienone is 1. The Labute approximate surface area is 191 Å². The van der Waals surface area contributed by atoms with Gasteiger partial charge in [0.15, 0.2) is 5.76 Å². The van der Waals surface area contributed by atoms with Gasteiger partial charge in [0.2, 0.25) is 5.78 Å². The Morgan fingerprint density at radius 2 is 2.03 bits per heavy atom. The van der Waals surface area contributed by atoms with Crippen molar-refractivity contribution in [3.63, 3.8) is 0 Å². The minimum absolute atomic E-state index is 0.0650. The van der Waals surface area contributed by atoms with Gasteiger partial charge in [-0.1, -0.05) is 18.2 Å². The zero-order valence-corrected chi connectivity index (χ0v) is 19.3. The first-order valence-electron chi connectivity index (χ1n) is 10.7. The first-order chi connectivity index (χ1) is 15.5. The summed E-state index contributed by atoms with van der Waals surface area (Å²) in [6.07, 6.45) is 2.71. The van der Waals surface area contributed by atoms with Crippen molar-refractivity contribution < 1.29 is 19.0 Å². The lowest BCUT2D eigenvalue weighted by Crippen LogP contribution is -2.34. The van der Waals surface area contributed by atoms with Gasteiger partial charge < -0.3 is 14.2 Å². The number of Topliss-reactive ketones (excluding diaryl/α,β-unsaturated/α-hetero) is 1.